The number of rotatable bonds is 7. The minimum atomic E-state index is -0.528. The van der Waals surface area contributed by atoms with Gasteiger partial charge in [-0.2, -0.15) is 9.97 Å². The summed E-state index contributed by atoms with van der Waals surface area (Å²) in [5.41, 5.74) is 9.26. The molecule has 22 heavy (non-hydrogen) atoms. The van der Waals surface area contributed by atoms with Crippen LogP contribution < -0.4 is 22.1 Å². The second kappa shape index (κ2) is 7.74. The first-order valence-electron chi connectivity index (χ1n) is 7.73. The Balaban J connectivity index is 2.20. The zero-order chi connectivity index (χ0) is 15.9. The topological polar surface area (TPSA) is 147 Å². The van der Waals surface area contributed by atoms with Crippen molar-refractivity contribution in [2.45, 2.75) is 44.6 Å². The van der Waals surface area contributed by atoms with E-state index in [9.17, 15) is 10.1 Å². The standard InChI is InChI=1S/C13H23N7O2/c14-7-4-8-16-13-18-11(15)10(20(21)22)12(19-13)17-9-5-2-1-3-6-9/h9H,1-8,14H2,(H4,15,16,17,18,19)/p+1. The molecule has 122 valence electrons. The number of hydrogen-bond donors (Lipinski definition) is 4. The summed E-state index contributed by atoms with van der Waals surface area (Å²) < 4.78 is 0. The second-order valence-corrected chi connectivity index (χ2v) is 5.50. The highest BCUT2D eigenvalue weighted by Crippen LogP contribution is 2.31. The molecule has 1 aromatic rings. The molecule has 0 amide bonds. The van der Waals surface area contributed by atoms with Gasteiger partial charge >= 0.3 is 5.69 Å². The number of aromatic nitrogens is 2. The van der Waals surface area contributed by atoms with Crippen LogP contribution in [0.15, 0.2) is 0 Å². The van der Waals surface area contributed by atoms with E-state index in [2.05, 4.69) is 26.3 Å². The van der Waals surface area contributed by atoms with Gasteiger partial charge in [-0.05, 0) is 12.8 Å². The van der Waals surface area contributed by atoms with Crippen LogP contribution in [0.1, 0.15) is 38.5 Å². The average Bonchev–Trinajstić information content (AvgIpc) is 2.47. The summed E-state index contributed by atoms with van der Waals surface area (Å²) in [7, 11) is 0. The van der Waals surface area contributed by atoms with Gasteiger partial charge in [0.15, 0.2) is 0 Å². The number of anilines is 3. The lowest BCUT2D eigenvalue weighted by molar-refractivity contribution is -0.383. The molecule has 0 unspecified atom stereocenters. The van der Waals surface area contributed by atoms with Crippen LogP contribution in [0.2, 0.25) is 0 Å². The first-order chi connectivity index (χ1) is 10.6. The first-order valence-corrected chi connectivity index (χ1v) is 7.73. The Morgan fingerprint density at radius 2 is 2.05 bits per heavy atom. The molecule has 7 N–H and O–H groups in total. The van der Waals surface area contributed by atoms with Gasteiger partial charge < -0.3 is 22.1 Å². The molecular weight excluding hydrogens is 286 g/mol. The maximum Gasteiger partial charge on any atom is 0.353 e. The monoisotopic (exact) mass is 310 g/mol. The minimum Gasteiger partial charge on any atom is -0.378 e. The van der Waals surface area contributed by atoms with Crippen molar-refractivity contribution in [1.29, 1.82) is 0 Å². The molecule has 1 fully saturated rings. The summed E-state index contributed by atoms with van der Waals surface area (Å²) in [5.74, 6) is 0.409. The van der Waals surface area contributed by atoms with E-state index in [0.717, 1.165) is 38.6 Å². The number of nitrogens with one attached hydrogen (secondary N) is 2. The van der Waals surface area contributed by atoms with Crippen molar-refractivity contribution < 1.29 is 10.7 Å². The molecular formula is C13H24N7O2+. The van der Waals surface area contributed by atoms with Crippen molar-refractivity contribution in [3.8, 4) is 0 Å². The Morgan fingerprint density at radius 1 is 1.32 bits per heavy atom. The van der Waals surface area contributed by atoms with Crippen molar-refractivity contribution in [2.75, 3.05) is 29.5 Å². The SMILES string of the molecule is Nc1nc(NCCC[NH3+])nc(NC2CCCCC2)c1[N+](=O)[O-]. The van der Waals surface area contributed by atoms with Gasteiger partial charge in [0.05, 0.1) is 11.5 Å². The van der Waals surface area contributed by atoms with Gasteiger partial charge in [-0.15, -0.1) is 0 Å². The molecule has 0 bridgehead atoms. The predicted octanol–water partition coefficient (Wildman–Crippen LogP) is 0.755. The van der Waals surface area contributed by atoms with Crippen LogP contribution in [0.3, 0.4) is 0 Å². The van der Waals surface area contributed by atoms with E-state index < -0.39 is 4.92 Å². The molecule has 0 saturated heterocycles. The van der Waals surface area contributed by atoms with Gasteiger partial charge in [-0.1, -0.05) is 19.3 Å². The van der Waals surface area contributed by atoms with Crippen LogP contribution in [0.4, 0.5) is 23.3 Å². The van der Waals surface area contributed by atoms with E-state index in [1.807, 2.05) is 0 Å². The molecule has 1 aliphatic carbocycles. The molecule has 1 saturated carbocycles. The highest BCUT2D eigenvalue weighted by Gasteiger charge is 2.25. The van der Waals surface area contributed by atoms with Crippen LogP contribution in [0.5, 0.6) is 0 Å². The lowest BCUT2D eigenvalue weighted by Gasteiger charge is -2.23. The third-order valence-electron chi connectivity index (χ3n) is 3.75. The highest BCUT2D eigenvalue weighted by molar-refractivity contribution is 5.70. The fourth-order valence-corrected chi connectivity index (χ4v) is 2.60. The van der Waals surface area contributed by atoms with Crippen LogP contribution in [0.25, 0.3) is 0 Å². The second-order valence-electron chi connectivity index (χ2n) is 5.50. The van der Waals surface area contributed by atoms with E-state index in [4.69, 9.17) is 5.73 Å². The van der Waals surface area contributed by atoms with Gasteiger partial charge in [0.1, 0.15) is 0 Å². The number of nitrogens with zero attached hydrogens (tertiary/aromatic N) is 3. The Labute approximate surface area is 129 Å². The van der Waals surface area contributed by atoms with Crippen molar-refractivity contribution >= 4 is 23.3 Å². The van der Waals surface area contributed by atoms with Gasteiger partial charge in [0.2, 0.25) is 17.6 Å². The summed E-state index contributed by atoms with van der Waals surface area (Å²) in [6.45, 7) is 1.45. The molecule has 0 aliphatic heterocycles. The average molecular weight is 310 g/mol. The van der Waals surface area contributed by atoms with Crippen LogP contribution in [-0.4, -0.2) is 34.0 Å². The number of nitrogens with two attached hydrogens (primary N) is 1. The lowest BCUT2D eigenvalue weighted by atomic mass is 9.95. The summed E-state index contributed by atoms with van der Waals surface area (Å²) in [5, 5.41) is 17.4. The molecule has 9 nitrogen and oxygen atoms in total. The van der Waals surface area contributed by atoms with E-state index in [1.165, 1.54) is 6.42 Å². The fraction of sp³-hybridized carbons (Fsp3) is 0.692. The first kappa shape index (κ1) is 16.2. The molecule has 1 aliphatic rings. The van der Waals surface area contributed by atoms with E-state index in [0.29, 0.717) is 12.5 Å². The molecule has 1 aromatic heterocycles. The Kier molecular flexibility index (Phi) is 5.70. The number of quaternary nitrogens is 1. The third-order valence-corrected chi connectivity index (χ3v) is 3.75. The van der Waals surface area contributed by atoms with Gasteiger partial charge in [0.25, 0.3) is 0 Å². The molecule has 1 heterocycles. The van der Waals surface area contributed by atoms with Gasteiger partial charge in [-0.3, -0.25) is 10.1 Å². The molecule has 0 atom stereocenters. The highest BCUT2D eigenvalue weighted by atomic mass is 16.6. The van der Waals surface area contributed by atoms with Crippen LogP contribution >= 0.6 is 0 Å². The van der Waals surface area contributed by atoms with Gasteiger partial charge in [-0.25, -0.2) is 0 Å². The van der Waals surface area contributed by atoms with Crippen molar-refractivity contribution in [2.24, 2.45) is 0 Å². The minimum absolute atomic E-state index is 0.115. The quantitative estimate of drug-likeness (QED) is 0.330. The molecule has 0 spiro atoms. The molecule has 0 radical (unpaired) electrons. The Morgan fingerprint density at radius 3 is 2.68 bits per heavy atom. The van der Waals surface area contributed by atoms with Crippen LogP contribution in [0, 0.1) is 10.1 Å². The van der Waals surface area contributed by atoms with Crippen molar-refractivity contribution in [3.63, 3.8) is 0 Å². The van der Waals surface area contributed by atoms with Crippen molar-refractivity contribution in [3.05, 3.63) is 10.1 Å². The number of nitro groups is 1. The summed E-state index contributed by atoms with van der Waals surface area (Å²) in [6, 6.07) is 0.203. The maximum atomic E-state index is 11.2. The normalized spacial score (nSPS) is 15.5. The third kappa shape index (κ3) is 4.17. The molecule has 0 aromatic carbocycles. The van der Waals surface area contributed by atoms with Crippen LogP contribution in [-0.2, 0) is 0 Å². The zero-order valence-electron chi connectivity index (χ0n) is 12.7. The van der Waals surface area contributed by atoms with Crippen molar-refractivity contribution in [1.82, 2.24) is 9.97 Å². The summed E-state index contributed by atoms with van der Waals surface area (Å²) in [4.78, 5) is 18.9. The van der Waals surface area contributed by atoms with E-state index in [1.54, 1.807) is 0 Å². The summed E-state index contributed by atoms with van der Waals surface area (Å²) in [6.07, 6.45) is 6.31. The predicted molar refractivity (Wildman–Crippen MR) is 84.5 cm³/mol. The lowest BCUT2D eigenvalue weighted by Crippen LogP contribution is -2.50. The Bertz CT molecular complexity index is 517. The Hall–Kier alpha value is -2.16. The zero-order valence-corrected chi connectivity index (χ0v) is 12.7. The summed E-state index contributed by atoms with van der Waals surface area (Å²) >= 11 is 0. The largest absolute Gasteiger partial charge is 0.378 e. The number of nitrogen functional groups attached to an aromatic ring is 1. The maximum absolute atomic E-state index is 11.2. The van der Waals surface area contributed by atoms with E-state index >= 15 is 0 Å². The fourth-order valence-electron chi connectivity index (χ4n) is 2.60. The van der Waals surface area contributed by atoms with E-state index in [-0.39, 0.29) is 23.4 Å². The number of hydrogen-bond acceptors (Lipinski definition) is 7. The molecule has 9 heteroatoms. The smallest absolute Gasteiger partial charge is 0.353 e. The van der Waals surface area contributed by atoms with Gasteiger partial charge in [0, 0.05) is 19.0 Å². The molecule has 2 rings (SSSR count).